The molecule has 0 aliphatic carbocycles. The number of ether oxygens (including phenoxy) is 1. The van der Waals surface area contributed by atoms with E-state index in [-0.39, 0.29) is 11.7 Å². The highest BCUT2D eigenvalue weighted by atomic mass is 19.1. The molecule has 2 aromatic carbocycles. The molecule has 0 fully saturated rings. The van der Waals surface area contributed by atoms with Gasteiger partial charge < -0.3 is 15.4 Å². The lowest BCUT2D eigenvalue weighted by molar-refractivity contribution is 0.0944. The van der Waals surface area contributed by atoms with E-state index in [0.29, 0.717) is 42.5 Å². The van der Waals surface area contributed by atoms with Crippen LogP contribution in [0.2, 0.25) is 0 Å². The van der Waals surface area contributed by atoms with Crippen LogP contribution < -0.4 is 10.6 Å². The molecular weight excluding hydrogens is 371 g/mol. The molecule has 0 bridgehead atoms. The van der Waals surface area contributed by atoms with Crippen LogP contribution in [0.4, 0.5) is 16.0 Å². The lowest BCUT2D eigenvalue weighted by Crippen LogP contribution is -2.25. The molecular formula is C22H23FN4O2. The van der Waals surface area contributed by atoms with Crippen molar-refractivity contribution >= 4 is 17.5 Å². The quantitative estimate of drug-likeness (QED) is 0.533. The number of nitrogens with one attached hydrogen (secondary N) is 2. The summed E-state index contributed by atoms with van der Waals surface area (Å²) in [6.07, 6.45) is 4.01. The van der Waals surface area contributed by atoms with Crippen molar-refractivity contribution in [3.63, 3.8) is 0 Å². The van der Waals surface area contributed by atoms with Gasteiger partial charge in [0.25, 0.3) is 5.91 Å². The number of amides is 1. The lowest BCUT2D eigenvalue weighted by Gasteiger charge is -2.09. The fraction of sp³-hybridized carbons (Fsp3) is 0.227. The van der Waals surface area contributed by atoms with Gasteiger partial charge in [0.1, 0.15) is 5.82 Å². The maximum Gasteiger partial charge on any atom is 0.251 e. The molecule has 3 aromatic rings. The largest absolute Gasteiger partial charge is 0.382 e. The molecule has 0 unspecified atom stereocenters. The van der Waals surface area contributed by atoms with Gasteiger partial charge in [-0.3, -0.25) is 4.79 Å². The van der Waals surface area contributed by atoms with E-state index in [0.717, 1.165) is 12.0 Å². The van der Waals surface area contributed by atoms with E-state index in [2.05, 4.69) is 20.6 Å². The molecule has 6 nitrogen and oxygen atoms in total. The van der Waals surface area contributed by atoms with Gasteiger partial charge in [-0.15, -0.1) is 0 Å². The molecule has 0 saturated heterocycles. The summed E-state index contributed by atoms with van der Waals surface area (Å²) in [7, 11) is 0. The summed E-state index contributed by atoms with van der Waals surface area (Å²) in [6.45, 7) is 3.80. The fourth-order valence-corrected chi connectivity index (χ4v) is 2.70. The van der Waals surface area contributed by atoms with Crippen molar-refractivity contribution in [2.24, 2.45) is 0 Å². The third-order valence-electron chi connectivity index (χ3n) is 4.15. The van der Waals surface area contributed by atoms with Crippen molar-refractivity contribution in [3.05, 3.63) is 72.3 Å². The molecule has 1 amide bonds. The van der Waals surface area contributed by atoms with Crippen LogP contribution in [-0.2, 0) is 4.74 Å². The Bertz CT molecular complexity index is 948. The number of aromatic nitrogens is 2. The average Bonchev–Trinajstić information content (AvgIpc) is 2.74. The summed E-state index contributed by atoms with van der Waals surface area (Å²) < 4.78 is 18.6. The zero-order valence-electron chi connectivity index (χ0n) is 16.2. The SMILES string of the molecule is CCOCCCNC(=O)c1cccc(Nc2ncc(-c3cccc(F)c3)cn2)c1. The molecule has 2 N–H and O–H groups in total. The molecule has 7 heteroatoms. The highest BCUT2D eigenvalue weighted by Gasteiger charge is 2.07. The number of carbonyl (C=O) groups is 1. The highest BCUT2D eigenvalue weighted by Crippen LogP contribution is 2.20. The van der Waals surface area contributed by atoms with E-state index in [9.17, 15) is 9.18 Å². The van der Waals surface area contributed by atoms with Crippen molar-refractivity contribution in [3.8, 4) is 11.1 Å². The molecule has 0 atom stereocenters. The number of nitrogens with zero attached hydrogens (tertiary/aromatic N) is 2. The van der Waals surface area contributed by atoms with Crippen molar-refractivity contribution in [1.29, 1.82) is 0 Å². The maximum absolute atomic E-state index is 13.4. The molecule has 0 spiro atoms. The van der Waals surface area contributed by atoms with Gasteiger partial charge in [-0.1, -0.05) is 18.2 Å². The van der Waals surface area contributed by atoms with Crippen molar-refractivity contribution in [2.45, 2.75) is 13.3 Å². The van der Waals surface area contributed by atoms with Crippen LogP contribution >= 0.6 is 0 Å². The molecule has 3 rings (SSSR count). The Morgan fingerprint density at radius 3 is 2.62 bits per heavy atom. The molecule has 0 aliphatic heterocycles. The Balaban J connectivity index is 1.60. The van der Waals surface area contributed by atoms with Crippen LogP contribution in [0.5, 0.6) is 0 Å². The first-order valence-corrected chi connectivity index (χ1v) is 9.46. The minimum absolute atomic E-state index is 0.146. The fourth-order valence-electron chi connectivity index (χ4n) is 2.70. The number of benzene rings is 2. The minimum atomic E-state index is -0.308. The van der Waals surface area contributed by atoms with Crippen molar-refractivity contribution in [1.82, 2.24) is 15.3 Å². The van der Waals surface area contributed by atoms with Crippen LogP contribution in [0, 0.1) is 5.82 Å². The van der Waals surface area contributed by atoms with Crippen molar-refractivity contribution < 1.29 is 13.9 Å². The van der Waals surface area contributed by atoms with E-state index in [4.69, 9.17) is 4.74 Å². The minimum Gasteiger partial charge on any atom is -0.382 e. The second-order valence-corrected chi connectivity index (χ2v) is 6.32. The molecule has 150 valence electrons. The Morgan fingerprint density at radius 2 is 1.86 bits per heavy atom. The Labute approximate surface area is 169 Å². The topological polar surface area (TPSA) is 76.1 Å². The molecule has 29 heavy (non-hydrogen) atoms. The van der Waals surface area contributed by atoms with Gasteiger partial charge in [0.15, 0.2) is 0 Å². The highest BCUT2D eigenvalue weighted by molar-refractivity contribution is 5.95. The monoisotopic (exact) mass is 394 g/mol. The van der Waals surface area contributed by atoms with Crippen LogP contribution in [0.3, 0.4) is 0 Å². The number of halogens is 1. The Kier molecular flexibility index (Phi) is 7.24. The van der Waals surface area contributed by atoms with Crippen molar-refractivity contribution in [2.75, 3.05) is 25.1 Å². The van der Waals surface area contributed by atoms with E-state index in [1.165, 1.54) is 12.1 Å². The summed E-state index contributed by atoms with van der Waals surface area (Å²) >= 11 is 0. The first kappa shape index (κ1) is 20.4. The normalized spacial score (nSPS) is 10.6. The zero-order chi connectivity index (χ0) is 20.5. The standard InChI is InChI=1S/C22H23FN4O2/c1-2-29-11-5-10-24-21(28)17-7-4-9-20(13-17)27-22-25-14-18(15-26-22)16-6-3-8-19(23)12-16/h3-4,6-9,12-15H,2,5,10-11H2,1H3,(H,24,28)(H,25,26,27). The van der Waals surface area contributed by atoms with Crippen LogP contribution in [0.15, 0.2) is 60.9 Å². The van der Waals surface area contributed by atoms with E-state index < -0.39 is 0 Å². The molecule has 0 aliphatic rings. The predicted octanol–water partition coefficient (Wildman–Crippen LogP) is 4.18. The first-order valence-electron chi connectivity index (χ1n) is 9.46. The van der Waals surface area contributed by atoms with Gasteiger partial charge in [-0.2, -0.15) is 0 Å². The second kappa shape index (κ2) is 10.3. The second-order valence-electron chi connectivity index (χ2n) is 6.32. The first-order chi connectivity index (χ1) is 14.2. The van der Waals surface area contributed by atoms with Crippen LogP contribution in [0.25, 0.3) is 11.1 Å². The van der Waals surface area contributed by atoms with E-state index >= 15 is 0 Å². The van der Waals surface area contributed by atoms with Crippen LogP contribution in [0.1, 0.15) is 23.7 Å². The summed E-state index contributed by atoms with van der Waals surface area (Å²) in [6, 6.07) is 13.4. The maximum atomic E-state index is 13.4. The smallest absolute Gasteiger partial charge is 0.251 e. The number of rotatable bonds is 9. The predicted molar refractivity (Wildman–Crippen MR) is 111 cm³/mol. The third-order valence-corrected chi connectivity index (χ3v) is 4.15. The lowest BCUT2D eigenvalue weighted by atomic mass is 10.1. The number of carbonyl (C=O) groups excluding carboxylic acids is 1. The van der Waals surface area contributed by atoms with Gasteiger partial charge in [-0.25, -0.2) is 14.4 Å². The molecule has 1 aromatic heterocycles. The molecule has 1 heterocycles. The molecule has 0 saturated carbocycles. The summed E-state index contributed by atoms with van der Waals surface area (Å²) in [5.41, 5.74) is 2.67. The van der Waals surface area contributed by atoms with E-state index in [1.54, 1.807) is 42.7 Å². The number of hydrogen-bond donors (Lipinski definition) is 2. The zero-order valence-corrected chi connectivity index (χ0v) is 16.2. The summed E-state index contributed by atoms with van der Waals surface area (Å²) in [5, 5.41) is 5.95. The Morgan fingerprint density at radius 1 is 1.07 bits per heavy atom. The van der Waals surface area contributed by atoms with Crippen LogP contribution in [-0.4, -0.2) is 35.6 Å². The van der Waals surface area contributed by atoms with Gasteiger partial charge in [0.05, 0.1) is 0 Å². The summed E-state index contributed by atoms with van der Waals surface area (Å²) in [4.78, 5) is 20.8. The third kappa shape index (κ3) is 6.08. The van der Waals surface area contributed by atoms with E-state index in [1.807, 2.05) is 13.0 Å². The summed E-state index contributed by atoms with van der Waals surface area (Å²) in [5.74, 6) is -0.0652. The number of anilines is 2. The molecule has 0 radical (unpaired) electrons. The van der Waals surface area contributed by atoms with Gasteiger partial charge in [-0.05, 0) is 49.2 Å². The average molecular weight is 394 g/mol. The Hall–Kier alpha value is -3.32. The number of hydrogen-bond acceptors (Lipinski definition) is 5. The van der Waals surface area contributed by atoms with Gasteiger partial charge in [0.2, 0.25) is 5.95 Å². The van der Waals surface area contributed by atoms with Gasteiger partial charge >= 0.3 is 0 Å². The van der Waals surface area contributed by atoms with Gasteiger partial charge in [0, 0.05) is 49.0 Å².